The van der Waals surface area contributed by atoms with E-state index in [1.807, 2.05) is 19.1 Å². The van der Waals surface area contributed by atoms with Crippen LogP contribution >= 0.6 is 15.9 Å². The summed E-state index contributed by atoms with van der Waals surface area (Å²) in [7, 11) is 1.64. The van der Waals surface area contributed by atoms with Gasteiger partial charge in [0, 0.05) is 15.4 Å². The predicted molar refractivity (Wildman–Crippen MR) is 60.7 cm³/mol. The molecule has 0 aliphatic carbocycles. The van der Waals surface area contributed by atoms with Crippen molar-refractivity contribution in [3.63, 3.8) is 0 Å². The minimum Gasteiger partial charge on any atom is -0.481 e. The van der Waals surface area contributed by atoms with Crippen LogP contribution in [0.3, 0.4) is 0 Å². The first-order chi connectivity index (χ1) is 6.70. The lowest BCUT2D eigenvalue weighted by Gasteiger charge is -2.05. The Bertz CT molecular complexity index is 482. The Labute approximate surface area is 91.0 Å². The van der Waals surface area contributed by atoms with E-state index in [0.717, 1.165) is 20.9 Å². The van der Waals surface area contributed by atoms with Crippen LogP contribution in [0.2, 0.25) is 0 Å². The molecule has 0 aliphatic rings. The number of aromatic nitrogens is 1. The maximum atomic E-state index is 5.16. The molecule has 2 rings (SSSR count). The van der Waals surface area contributed by atoms with Gasteiger partial charge >= 0.3 is 0 Å². The van der Waals surface area contributed by atoms with Gasteiger partial charge in [0.2, 0.25) is 5.88 Å². The summed E-state index contributed by atoms with van der Waals surface area (Å²) in [5.74, 6) is 0.694. The van der Waals surface area contributed by atoms with E-state index in [0.29, 0.717) is 5.88 Å². The molecule has 2 aromatic rings. The molecule has 0 radical (unpaired) electrons. The van der Waals surface area contributed by atoms with E-state index in [-0.39, 0.29) is 0 Å². The molecular formula is C11H10BrNO. The summed E-state index contributed by atoms with van der Waals surface area (Å²) in [4.78, 5) is 4.39. The molecule has 3 heteroatoms. The zero-order chi connectivity index (χ0) is 10.1. The normalized spacial score (nSPS) is 10.5. The molecular weight excluding hydrogens is 242 g/mol. The molecule has 72 valence electrons. The molecule has 1 aromatic heterocycles. The Morgan fingerprint density at radius 3 is 2.79 bits per heavy atom. The minimum absolute atomic E-state index is 0.694. The quantitative estimate of drug-likeness (QED) is 0.776. The van der Waals surface area contributed by atoms with Gasteiger partial charge in [-0.05, 0) is 31.2 Å². The summed E-state index contributed by atoms with van der Waals surface area (Å²) >= 11 is 3.43. The van der Waals surface area contributed by atoms with Crippen LogP contribution in [-0.2, 0) is 0 Å². The zero-order valence-corrected chi connectivity index (χ0v) is 9.63. The van der Waals surface area contributed by atoms with E-state index < -0.39 is 0 Å². The topological polar surface area (TPSA) is 22.1 Å². The maximum absolute atomic E-state index is 5.16. The second-order valence-electron chi connectivity index (χ2n) is 3.15. The molecule has 0 amide bonds. The number of methoxy groups -OCH3 is 1. The van der Waals surface area contributed by atoms with Gasteiger partial charge in [0.1, 0.15) is 0 Å². The van der Waals surface area contributed by atoms with Crippen molar-refractivity contribution in [2.75, 3.05) is 7.11 Å². The third kappa shape index (κ3) is 1.60. The fraction of sp³-hybridized carbons (Fsp3) is 0.182. The predicted octanol–water partition coefficient (Wildman–Crippen LogP) is 3.31. The SMILES string of the molecule is COc1nc2ccc(Br)cc2cc1C. The van der Waals surface area contributed by atoms with E-state index >= 15 is 0 Å². The van der Waals surface area contributed by atoms with Crippen molar-refractivity contribution in [3.8, 4) is 5.88 Å². The van der Waals surface area contributed by atoms with Gasteiger partial charge in [-0.3, -0.25) is 0 Å². The molecule has 2 nitrogen and oxygen atoms in total. The van der Waals surface area contributed by atoms with Gasteiger partial charge in [0.05, 0.1) is 12.6 Å². The highest BCUT2D eigenvalue weighted by Gasteiger charge is 2.02. The molecule has 0 saturated carbocycles. The molecule has 0 spiro atoms. The Balaban J connectivity index is 2.73. The van der Waals surface area contributed by atoms with Gasteiger partial charge in [-0.15, -0.1) is 0 Å². The second-order valence-corrected chi connectivity index (χ2v) is 4.07. The van der Waals surface area contributed by atoms with Crippen LogP contribution in [0.4, 0.5) is 0 Å². The van der Waals surface area contributed by atoms with E-state index in [9.17, 15) is 0 Å². The van der Waals surface area contributed by atoms with Crippen molar-refractivity contribution < 1.29 is 4.74 Å². The molecule has 14 heavy (non-hydrogen) atoms. The third-order valence-corrected chi connectivity index (χ3v) is 2.61. The first-order valence-corrected chi connectivity index (χ1v) is 5.11. The average molecular weight is 252 g/mol. The zero-order valence-electron chi connectivity index (χ0n) is 8.04. The molecule has 1 heterocycles. The van der Waals surface area contributed by atoms with E-state index in [1.165, 1.54) is 0 Å². The van der Waals surface area contributed by atoms with Gasteiger partial charge < -0.3 is 4.74 Å². The maximum Gasteiger partial charge on any atom is 0.216 e. The fourth-order valence-corrected chi connectivity index (χ4v) is 1.82. The summed E-state index contributed by atoms with van der Waals surface area (Å²) in [6.07, 6.45) is 0. The number of halogens is 1. The molecule has 0 aliphatic heterocycles. The number of hydrogen-bond donors (Lipinski definition) is 0. The summed E-state index contributed by atoms with van der Waals surface area (Å²) < 4.78 is 6.23. The molecule has 0 fully saturated rings. The van der Waals surface area contributed by atoms with Crippen LogP contribution < -0.4 is 4.74 Å². The van der Waals surface area contributed by atoms with Crippen LogP contribution in [0.1, 0.15) is 5.56 Å². The molecule has 0 atom stereocenters. The van der Waals surface area contributed by atoms with Crippen molar-refractivity contribution in [1.82, 2.24) is 4.98 Å². The highest BCUT2D eigenvalue weighted by molar-refractivity contribution is 9.10. The lowest BCUT2D eigenvalue weighted by Crippen LogP contribution is -1.91. The second kappa shape index (κ2) is 3.58. The Kier molecular flexibility index (Phi) is 2.42. The molecule has 0 unspecified atom stereocenters. The first-order valence-electron chi connectivity index (χ1n) is 4.31. The molecule has 1 aromatic carbocycles. The van der Waals surface area contributed by atoms with Crippen molar-refractivity contribution in [1.29, 1.82) is 0 Å². The largest absolute Gasteiger partial charge is 0.481 e. The summed E-state index contributed by atoms with van der Waals surface area (Å²) in [6.45, 7) is 1.99. The van der Waals surface area contributed by atoms with Crippen LogP contribution in [0.25, 0.3) is 10.9 Å². The standard InChI is InChI=1S/C11H10BrNO/c1-7-5-8-6-9(12)3-4-10(8)13-11(7)14-2/h3-6H,1-2H3. The third-order valence-electron chi connectivity index (χ3n) is 2.11. The Hall–Kier alpha value is -1.09. The van der Waals surface area contributed by atoms with Gasteiger partial charge in [-0.1, -0.05) is 15.9 Å². The number of rotatable bonds is 1. The molecule has 0 N–H and O–H groups in total. The number of benzene rings is 1. The van der Waals surface area contributed by atoms with Gasteiger partial charge in [-0.2, -0.15) is 0 Å². The van der Waals surface area contributed by atoms with Crippen molar-refractivity contribution in [2.45, 2.75) is 6.92 Å². The van der Waals surface area contributed by atoms with Crippen molar-refractivity contribution in [2.24, 2.45) is 0 Å². The lowest BCUT2D eigenvalue weighted by molar-refractivity contribution is 0.396. The van der Waals surface area contributed by atoms with Crippen LogP contribution in [0.5, 0.6) is 5.88 Å². The van der Waals surface area contributed by atoms with Crippen LogP contribution in [0.15, 0.2) is 28.7 Å². The number of nitrogens with zero attached hydrogens (tertiary/aromatic N) is 1. The highest BCUT2D eigenvalue weighted by Crippen LogP contribution is 2.23. The average Bonchev–Trinajstić information content (AvgIpc) is 2.16. The Morgan fingerprint density at radius 1 is 1.29 bits per heavy atom. The Morgan fingerprint density at radius 2 is 2.07 bits per heavy atom. The minimum atomic E-state index is 0.694. The number of pyridine rings is 1. The number of hydrogen-bond acceptors (Lipinski definition) is 2. The lowest BCUT2D eigenvalue weighted by atomic mass is 10.2. The van der Waals surface area contributed by atoms with Crippen molar-refractivity contribution in [3.05, 3.63) is 34.3 Å². The van der Waals surface area contributed by atoms with E-state index in [2.05, 4.69) is 33.0 Å². The monoisotopic (exact) mass is 251 g/mol. The molecule has 0 saturated heterocycles. The van der Waals surface area contributed by atoms with Crippen LogP contribution in [0, 0.1) is 6.92 Å². The summed E-state index contributed by atoms with van der Waals surface area (Å²) in [6, 6.07) is 8.08. The van der Waals surface area contributed by atoms with Gasteiger partial charge in [0.15, 0.2) is 0 Å². The van der Waals surface area contributed by atoms with Gasteiger partial charge in [0.25, 0.3) is 0 Å². The first kappa shape index (κ1) is 9.46. The number of aryl methyl sites for hydroxylation is 1. The van der Waals surface area contributed by atoms with Crippen molar-refractivity contribution >= 4 is 26.8 Å². The van der Waals surface area contributed by atoms with E-state index in [1.54, 1.807) is 7.11 Å². The van der Waals surface area contributed by atoms with E-state index in [4.69, 9.17) is 4.74 Å². The van der Waals surface area contributed by atoms with Crippen LogP contribution in [-0.4, -0.2) is 12.1 Å². The number of fused-ring (bicyclic) bond motifs is 1. The summed E-state index contributed by atoms with van der Waals surface area (Å²) in [5.41, 5.74) is 2.01. The summed E-state index contributed by atoms with van der Waals surface area (Å²) in [5, 5.41) is 1.12. The molecule has 0 bridgehead atoms. The number of ether oxygens (including phenoxy) is 1. The van der Waals surface area contributed by atoms with Gasteiger partial charge in [-0.25, -0.2) is 4.98 Å². The fourth-order valence-electron chi connectivity index (χ4n) is 1.44. The highest BCUT2D eigenvalue weighted by atomic mass is 79.9. The smallest absolute Gasteiger partial charge is 0.216 e.